The molecule has 0 spiro atoms. The molecule has 0 aliphatic carbocycles. The molecule has 4 nitrogen and oxygen atoms in total. The lowest BCUT2D eigenvalue weighted by Crippen LogP contribution is -2.48. The van der Waals surface area contributed by atoms with Crippen molar-refractivity contribution in [3.63, 3.8) is 0 Å². The topological polar surface area (TPSA) is 44.7 Å². The van der Waals surface area contributed by atoms with Crippen LogP contribution in [0.1, 0.15) is 32.4 Å². The van der Waals surface area contributed by atoms with E-state index in [1.54, 1.807) is 13.2 Å². The van der Waals surface area contributed by atoms with E-state index in [2.05, 4.69) is 31.0 Å². The molecule has 1 fully saturated rings. The average molecular weight is 386 g/mol. The second-order valence-electron chi connectivity index (χ2n) is 6.57. The van der Waals surface area contributed by atoms with E-state index < -0.39 is 0 Å². The van der Waals surface area contributed by atoms with Gasteiger partial charge in [-0.25, -0.2) is 0 Å². The molecule has 0 bridgehead atoms. The lowest BCUT2D eigenvalue weighted by molar-refractivity contribution is 0.0821. The number of nitrogens with zero attached hydrogens (tertiary/aromatic N) is 1. The van der Waals surface area contributed by atoms with Crippen LogP contribution in [-0.2, 0) is 0 Å². The Morgan fingerprint density at radius 2 is 1.78 bits per heavy atom. The summed E-state index contributed by atoms with van der Waals surface area (Å²) >= 11 is 6.14. The number of piperazine rings is 1. The highest BCUT2D eigenvalue weighted by Crippen LogP contribution is 2.48. The van der Waals surface area contributed by atoms with Gasteiger partial charge in [-0.2, -0.15) is 0 Å². The zero-order chi connectivity index (χ0) is 15.6. The fourth-order valence-electron chi connectivity index (χ4n) is 3.11. The van der Waals surface area contributed by atoms with Crippen molar-refractivity contribution in [3.05, 3.63) is 22.7 Å². The smallest absolute Gasteiger partial charge is 0.142 e. The maximum atomic E-state index is 10.5. The summed E-state index contributed by atoms with van der Waals surface area (Å²) in [4.78, 5) is 2.39. The van der Waals surface area contributed by atoms with Crippen molar-refractivity contribution in [2.24, 2.45) is 5.41 Å². The van der Waals surface area contributed by atoms with E-state index in [-0.39, 0.29) is 42.0 Å². The first kappa shape index (κ1) is 22.6. The monoisotopic (exact) mass is 384 g/mol. The zero-order valence-electron chi connectivity index (χ0n) is 14.1. The minimum absolute atomic E-state index is 0. The molecule has 1 aromatic rings. The Balaban J connectivity index is 0.00000242. The van der Waals surface area contributed by atoms with Gasteiger partial charge >= 0.3 is 0 Å². The normalized spacial score (nSPS) is 16.9. The summed E-state index contributed by atoms with van der Waals surface area (Å²) in [5.41, 5.74) is 0.742. The number of phenols is 1. The van der Waals surface area contributed by atoms with Crippen LogP contribution in [0.5, 0.6) is 11.5 Å². The molecule has 7 heteroatoms. The summed E-state index contributed by atoms with van der Waals surface area (Å²) < 4.78 is 5.49. The van der Waals surface area contributed by atoms with Crippen LogP contribution in [0, 0.1) is 5.41 Å². The molecule has 1 aromatic carbocycles. The molecule has 1 aliphatic heterocycles. The SMILES string of the molecule is COc1ccc(Cl)c(O)c1[C@H](N1CCNCC1)C(C)(C)C.Cl.Cl. The Kier molecular flexibility index (Phi) is 9.03. The Hall–Kier alpha value is -0.390. The van der Waals surface area contributed by atoms with Crippen LogP contribution in [0.15, 0.2) is 12.1 Å². The summed E-state index contributed by atoms with van der Waals surface area (Å²) in [5.74, 6) is 0.824. The summed E-state index contributed by atoms with van der Waals surface area (Å²) in [6, 6.07) is 3.56. The number of rotatable bonds is 3. The Morgan fingerprint density at radius 1 is 1.22 bits per heavy atom. The fourth-order valence-corrected chi connectivity index (χ4v) is 3.27. The number of hydrogen-bond donors (Lipinski definition) is 2. The van der Waals surface area contributed by atoms with Gasteiger partial charge in [-0.15, -0.1) is 24.8 Å². The van der Waals surface area contributed by atoms with Gasteiger partial charge in [0.25, 0.3) is 0 Å². The number of benzene rings is 1. The predicted octanol–water partition coefficient (Wildman–Crippen LogP) is 3.89. The van der Waals surface area contributed by atoms with E-state index in [1.807, 2.05) is 6.07 Å². The number of nitrogens with one attached hydrogen (secondary N) is 1. The minimum Gasteiger partial charge on any atom is -0.506 e. The van der Waals surface area contributed by atoms with Crippen molar-refractivity contribution in [2.75, 3.05) is 33.3 Å². The minimum atomic E-state index is -0.0488. The van der Waals surface area contributed by atoms with Crippen LogP contribution in [0.25, 0.3) is 0 Å². The first-order chi connectivity index (χ1) is 9.86. The van der Waals surface area contributed by atoms with Gasteiger partial charge in [0.2, 0.25) is 0 Å². The van der Waals surface area contributed by atoms with Crippen molar-refractivity contribution in [3.8, 4) is 11.5 Å². The standard InChI is InChI=1S/C16H25ClN2O2.2ClH/c1-16(2,3)15(19-9-7-18-8-10-19)13-12(21-4)6-5-11(17)14(13)20;;/h5-6,15,18,20H,7-10H2,1-4H3;2*1H/t15-;;/m0../s1. The molecule has 1 saturated heterocycles. The predicted molar refractivity (Wildman–Crippen MR) is 101 cm³/mol. The summed E-state index contributed by atoms with van der Waals surface area (Å²) in [6.07, 6.45) is 0. The highest BCUT2D eigenvalue weighted by Gasteiger charge is 2.36. The maximum Gasteiger partial charge on any atom is 0.142 e. The quantitative estimate of drug-likeness (QED) is 0.828. The summed E-state index contributed by atoms with van der Waals surface area (Å²) in [5, 5.41) is 14.3. The van der Waals surface area contributed by atoms with Crippen molar-refractivity contribution >= 4 is 36.4 Å². The molecule has 0 saturated carbocycles. The second kappa shape index (κ2) is 9.19. The highest BCUT2D eigenvalue weighted by atomic mass is 35.5. The molecule has 2 rings (SSSR count). The van der Waals surface area contributed by atoms with Gasteiger partial charge in [-0.1, -0.05) is 32.4 Å². The van der Waals surface area contributed by atoms with Gasteiger partial charge in [0, 0.05) is 32.2 Å². The summed E-state index contributed by atoms with van der Waals surface area (Å²) in [7, 11) is 1.63. The third-order valence-corrected chi connectivity index (χ3v) is 4.26. The molecule has 2 N–H and O–H groups in total. The van der Waals surface area contributed by atoms with E-state index in [9.17, 15) is 5.11 Å². The number of halogens is 3. The number of aromatic hydroxyl groups is 1. The van der Waals surface area contributed by atoms with E-state index in [0.29, 0.717) is 10.8 Å². The van der Waals surface area contributed by atoms with Crippen LogP contribution < -0.4 is 10.1 Å². The molecule has 1 heterocycles. The molecule has 0 amide bonds. The average Bonchev–Trinajstić information content (AvgIpc) is 2.44. The van der Waals surface area contributed by atoms with Gasteiger partial charge in [0.05, 0.1) is 17.7 Å². The van der Waals surface area contributed by atoms with E-state index in [0.717, 1.165) is 31.7 Å². The van der Waals surface area contributed by atoms with Crippen LogP contribution >= 0.6 is 36.4 Å². The summed E-state index contributed by atoms with van der Waals surface area (Å²) in [6.45, 7) is 10.3. The lowest BCUT2D eigenvalue weighted by atomic mass is 9.80. The van der Waals surface area contributed by atoms with Gasteiger partial charge in [-0.3, -0.25) is 4.90 Å². The van der Waals surface area contributed by atoms with E-state index in [4.69, 9.17) is 16.3 Å². The van der Waals surface area contributed by atoms with Gasteiger partial charge < -0.3 is 15.2 Å². The van der Waals surface area contributed by atoms with E-state index in [1.165, 1.54) is 0 Å². The molecule has 0 radical (unpaired) electrons. The van der Waals surface area contributed by atoms with Gasteiger partial charge in [0.1, 0.15) is 11.5 Å². The Labute approximate surface area is 156 Å². The number of methoxy groups -OCH3 is 1. The third-order valence-electron chi connectivity index (χ3n) is 3.96. The van der Waals surface area contributed by atoms with Crippen LogP contribution in [0.4, 0.5) is 0 Å². The van der Waals surface area contributed by atoms with Crippen LogP contribution in [0.2, 0.25) is 5.02 Å². The molecule has 0 unspecified atom stereocenters. The molecule has 0 aromatic heterocycles. The molecule has 1 aliphatic rings. The molecular weight excluding hydrogens is 359 g/mol. The van der Waals surface area contributed by atoms with Crippen molar-refractivity contribution in [1.29, 1.82) is 0 Å². The van der Waals surface area contributed by atoms with Crippen molar-refractivity contribution in [2.45, 2.75) is 26.8 Å². The largest absolute Gasteiger partial charge is 0.506 e. The maximum absolute atomic E-state index is 10.5. The van der Waals surface area contributed by atoms with Crippen molar-refractivity contribution < 1.29 is 9.84 Å². The zero-order valence-corrected chi connectivity index (χ0v) is 16.4. The van der Waals surface area contributed by atoms with Gasteiger partial charge in [0.15, 0.2) is 0 Å². The fraction of sp³-hybridized carbons (Fsp3) is 0.625. The van der Waals surface area contributed by atoms with Gasteiger partial charge in [-0.05, 0) is 17.5 Å². The number of ether oxygens (including phenoxy) is 1. The molecular formula is C16H27Cl3N2O2. The first-order valence-corrected chi connectivity index (χ1v) is 7.74. The molecule has 134 valence electrons. The van der Waals surface area contributed by atoms with Crippen molar-refractivity contribution in [1.82, 2.24) is 10.2 Å². The van der Waals surface area contributed by atoms with Crippen LogP contribution in [-0.4, -0.2) is 43.3 Å². The second-order valence-corrected chi connectivity index (χ2v) is 6.97. The molecule has 1 atom stereocenters. The lowest BCUT2D eigenvalue weighted by Gasteiger charge is -2.43. The first-order valence-electron chi connectivity index (χ1n) is 7.36. The Bertz CT molecular complexity index is 501. The number of hydrogen-bond acceptors (Lipinski definition) is 4. The third kappa shape index (κ3) is 5.04. The Morgan fingerprint density at radius 3 is 2.26 bits per heavy atom. The number of phenolic OH excluding ortho intramolecular Hbond substituents is 1. The van der Waals surface area contributed by atoms with Crippen LogP contribution in [0.3, 0.4) is 0 Å². The highest BCUT2D eigenvalue weighted by molar-refractivity contribution is 6.32. The molecule has 23 heavy (non-hydrogen) atoms. The van der Waals surface area contributed by atoms with E-state index >= 15 is 0 Å².